The number of nitrogens with zero attached hydrogens (tertiary/aromatic N) is 1. The number of methoxy groups -OCH3 is 2. The van der Waals surface area contributed by atoms with Crippen molar-refractivity contribution in [3.8, 4) is 11.5 Å². The Labute approximate surface area is 146 Å². The maximum absolute atomic E-state index is 13.8. The van der Waals surface area contributed by atoms with Gasteiger partial charge in [0, 0.05) is 12.1 Å². The van der Waals surface area contributed by atoms with E-state index < -0.39 is 5.82 Å². The molecule has 0 aliphatic carbocycles. The monoisotopic (exact) mass is 344 g/mol. The van der Waals surface area contributed by atoms with Gasteiger partial charge in [-0.05, 0) is 36.2 Å². The van der Waals surface area contributed by atoms with E-state index in [1.807, 2.05) is 25.1 Å². The number of carbonyl (C=O) groups excluding carboxylic acids is 1. The number of fused-ring (bicyclic) bond motifs is 1. The zero-order chi connectivity index (χ0) is 18.0. The Balaban J connectivity index is 1.68. The van der Waals surface area contributed by atoms with Crippen molar-refractivity contribution in [1.82, 2.24) is 10.2 Å². The minimum absolute atomic E-state index is 0.185. The molecule has 1 aliphatic rings. The van der Waals surface area contributed by atoms with Gasteiger partial charge in [-0.1, -0.05) is 18.2 Å². The van der Waals surface area contributed by atoms with Crippen molar-refractivity contribution >= 4 is 6.03 Å². The molecule has 6 heteroatoms. The Morgan fingerprint density at radius 1 is 1.16 bits per heavy atom. The molecule has 0 bridgehead atoms. The maximum Gasteiger partial charge on any atom is 0.318 e. The van der Waals surface area contributed by atoms with Crippen molar-refractivity contribution in [3.63, 3.8) is 0 Å². The van der Waals surface area contributed by atoms with Crippen LogP contribution >= 0.6 is 0 Å². The summed E-state index contributed by atoms with van der Waals surface area (Å²) in [5.41, 5.74) is 2.79. The minimum Gasteiger partial charge on any atom is -0.496 e. The summed E-state index contributed by atoms with van der Waals surface area (Å²) in [6.07, 6.45) is 0. The number of carbonyl (C=O) groups is 1. The molecule has 2 aromatic carbocycles. The number of hydrogen-bond donors (Lipinski definition) is 1. The van der Waals surface area contributed by atoms with Crippen LogP contribution in [-0.2, 0) is 13.1 Å². The van der Waals surface area contributed by atoms with Crippen molar-refractivity contribution in [2.75, 3.05) is 14.2 Å². The van der Waals surface area contributed by atoms with Crippen molar-refractivity contribution in [1.29, 1.82) is 0 Å². The molecular weight excluding hydrogens is 323 g/mol. The van der Waals surface area contributed by atoms with Crippen LogP contribution in [-0.4, -0.2) is 25.2 Å². The maximum atomic E-state index is 13.8. The van der Waals surface area contributed by atoms with Gasteiger partial charge in [-0.2, -0.15) is 0 Å². The lowest BCUT2D eigenvalue weighted by molar-refractivity contribution is 0.195. The Morgan fingerprint density at radius 2 is 1.92 bits per heavy atom. The normalized spacial score (nSPS) is 14.0. The van der Waals surface area contributed by atoms with Gasteiger partial charge in [-0.25, -0.2) is 9.18 Å². The van der Waals surface area contributed by atoms with Gasteiger partial charge in [0.05, 0.1) is 26.8 Å². The molecule has 132 valence electrons. The fraction of sp³-hybridized carbons (Fsp3) is 0.316. The molecule has 1 N–H and O–H groups in total. The van der Waals surface area contributed by atoms with Gasteiger partial charge in [0.25, 0.3) is 0 Å². The summed E-state index contributed by atoms with van der Waals surface area (Å²) in [5.74, 6) is 0.529. The van der Waals surface area contributed by atoms with Gasteiger partial charge in [-0.3, -0.25) is 0 Å². The van der Waals surface area contributed by atoms with E-state index in [2.05, 4.69) is 5.32 Å². The molecule has 3 rings (SSSR count). The number of benzene rings is 2. The second-order valence-corrected chi connectivity index (χ2v) is 6.02. The second kappa shape index (κ2) is 7.01. The quantitative estimate of drug-likeness (QED) is 0.921. The molecule has 1 aliphatic heterocycles. The van der Waals surface area contributed by atoms with Gasteiger partial charge in [0.1, 0.15) is 5.75 Å². The van der Waals surface area contributed by atoms with Crippen molar-refractivity contribution in [2.45, 2.75) is 26.1 Å². The first-order valence-electron chi connectivity index (χ1n) is 8.07. The van der Waals surface area contributed by atoms with Gasteiger partial charge < -0.3 is 19.7 Å². The van der Waals surface area contributed by atoms with E-state index >= 15 is 0 Å². The molecule has 0 fully saturated rings. The highest BCUT2D eigenvalue weighted by Crippen LogP contribution is 2.31. The first-order chi connectivity index (χ1) is 12.0. The van der Waals surface area contributed by atoms with Crippen molar-refractivity contribution in [2.24, 2.45) is 0 Å². The molecule has 1 unspecified atom stereocenters. The molecule has 5 nitrogen and oxygen atoms in total. The average molecular weight is 344 g/mol. The number of nitrogens with one attached hydrogen (secondary N) is 1. The lowest BCUT2D eigenvalue weighted by Crippen LogP contribution is -2.37. The van der Waals surface area contributed by atoms with E-state index in [0.717, 1.165) is 16.9 Å². The number of ether oxygens (including phenoxy) is 2. The van der Waals surface area contributed by atoms with Crippen LogP contribution in [0.5, 0.6) is 11.5 Å². The number of amides is 2. The SMILES string of the molecule is COc1ccc(C(C)NC(=O)N2Cc3cccc(OC)c3C2)cc1F. The van der Waals surface area contributed by atoms with E-state index in [1.54, 1.807) is 24.1 Å². The van der Waals surface area contributed by atoms with Gasteiger partial charge in [0.15, 0.2) is 11.6 Å². The molecule has 0 spiro atoms. The third kappa shape index (κ3) is 3.38. The third-order valence-electron chi connectivity index (χ3n) is 4.46. The summed E-state index contributed by atoms with van der Waals surface area (Å²) in [5, 5.41) is 2.91. The Hall–Kier alpha value is -2.76. The second-order valence-electron chi connectivity index (χ2n) is 6.02. The molecule has 1 heterocycles. The van der Waals surface area contributed by atoms with Crippen LogP contribution in [0.15, 0.2) is 36.4 Å². The van der Waals surface area contributed by atoms with Crippen LogP contribution in [0.25, 0.3) is 0 Å². The Bertz CT molecular complexity index is 794. The molecule has 0 radical (unpaired) electrons. The van der Waals surface area contributed by atoms with Gasteiger partial charge >= 0.3 is 6.03 Å². The largest absolute Gasteiger partial charge is 0.496 e. The zero-order valence-corrected chi connectivity index (χ0v) is 14.5. The van der Waals surface area contributed by atoms with Crippen LogP contribution in [0.4, 0.5) is 9.18 Å². The summed E-state index contributed by atoms with van der Waals surface area (Å²) < 4.78 is 24.1. The predicted molar refractivity (Wildman–Crippen MR) is 92.1 cm³/mol. The number of rotatable bonds is 4. The van der Waals surface area contributed by atoms with Crippen LogP contribution < -0.4 is 14.8 Å². The summed E-state index contributed by atoms with van der Waals surface area (Å²) in [6.45, 7) is 2.85. The predicted octanol–water partition coefficient (Wildman–Crippen LogP) is 3.63. The van der Waals surface area contributed by atoms with E-state index in [-0.39, 0.29) is 17.8 Å². The van der Waals surface area contributed by atoms with Crippen LogP contribution in [0.3, 0.4) is 0 Å². The molecule has 0 saturated heterocycles. The number of halogens is 1. The standard InChI is InChI=1S/C19H21FN2O3/c1-12(13-7-8-18(25-3)16(20)9-13)21-19(23)22-10-14-5-4-6-17(24-2)15(14)11-22/h4-9,12H,10-11H2,1-3H3,(H,21,23). The van der Waals surface area contributed by atoms with E-state index in [1.165, 1.54) is 13.2 Å². The molecule has 1 atom stereocenters. The molecule has 25 heavy (non-hydrogen) atoms. The Kier molecular flexibility index (Phi) is 4.79. The molecule has 2 amide bonds. The van der Waals surface area contributed by atoms with Crippen molar-refractivity contribution in [3.05, 3.63) is 58.9 Å². The summed E-state index contributed by atoms with van der Waals surface area (Å²) >= 11 is 0. The highest BCUT2D eigenvalue weighted by molar-refractivity contribution is 5.76. The highest BCUT2D eigenvalue weighted by atomic mass is 19.1. The lowest BCUT2D eigenvalue weighted by Gasteiger charge is -2.21. The fourth-order valence-corrected chi connectivity index (χ4v) is 3.04. The summed E-state index contributed by atoms with van der Waals surface area (Å²) in [6, 6.07) is 9.97. The van der Waals surface area contributed by atoms with Gasteiger partial charge in [-0.15, -0.1) is 0 Å². The van der Waals surface area contributed by atoms with E-state index in [4.69, 9.17) is 9.47 Å². The average Bonchev–Trinajstić information content (AvgIpc) is 3.05. The lowest BCUT2D eigenvalue weighted by atomic mass is 10.1. The Morgan fingerprint density at radius 3 is 2.60 bits per heavy atom. The van der Waals surface area contributed by atoms with Crippen LogP contribution in [0.2, 0.25) is 0 Å². The smallest absolute Gasteiger partial charge is 0.318 e. The first kappa shape index (κ1) is 17.1. The third-order valence-corrected chi connectivity index (χ3v) is 4.46. The first-order valence-corrected chi connectivity index (χ1v) is 8.07. The van der Waals surface area contributed by atoms with E-state index in [9.17, 15) is 9.18 Å². The molecule has 0 saturated carbocycles. The summed E-state index contributed by atoms with van der Waals surface area (Å²) in [7, 11) is 3.04. The van der Waals surface area contributed by atoms with Crippen LogP contribution in [0, 0.1) is 5.82 Å². The molecule has 2 aromatic rings. The highest BCUT2D eigenvalue weighted by Gasteiger charge is 2.26. The van der Waals surface area contributed by atoms with E-state index in [0.29, 0.717) is 18.7 Å². The van der Waals surface area contributed by atoms with Crippen LogP contribution in [0.1, 0.15) is 29.7 Å². The summed E-state index contributed by atoms with van der Waals surface area (Å²) in [4.78, 5) is 14.3. The number of hydrogen-bond acceptors (Lipinski definition) is 3. The fourth-order valence-electron chi connectivity index (χ4n) is 3.04. The van der Waals surface area contributed by atoms with Crippen molar-refractivity contribution < 1.29 is 18.7 Å². The minimum atomic E-state index is -0.445. The molecular formula is C19H21FN2O3. The van der Waals surface area contributed by atoms with Gasteiger partial charge in [0.2, 0.25) is 0 Å². The number of urea groups is 1. The topological polar surface area (TPSA) is 50.8 Å². The zero-order valence-electron chi connectivity index (χ0n) is 14.5. The molecule has 0 aromatic heterocycles.